The van der Waals surface area contributed by atoms with E-state index in [0.29, 0.717) is 0 Å². The zero-order valence-electron chi connectivity index (χ0n) is 26.7. The van der Waals surface area contributed by atoms with Crippen LogP contribution in [0.1, 0.15) is 16.7 Å². The summed E-state index contributed by atoms with van der Waals surface area (Å²) in [7, 11) is 0. The van der Waals surface area contributed by atoms with Crippen molar-refractivity contribution in [3.63, 3.8) is 0 Å². The van der Waals surface area contributed by atoms with E-state index in [9.17, 15) is 0 Å². The van der Waals surface area contributed by atoms with Crippen LogP contribution < -0.4 is 0 Å². The first-order chi connectivity index (χ1) is 23.0. The predicted octanol–water partition coefficient (Wildman–Crippen LogP) is 11.5. The fraction of sp³-hybridized carbons (Fsp3) is 0.0698. The molecule has 0 spiro atoms. The van der Waals surface area contributed by atoms with Gasteiger partial charge in [0.05, 0.1) is 11.8 Å². The maximum atomic E-state index is 6.21. The fourth-order valence-corrected chi connectivity index (χ4v) is 6.07. The van der Waals surface area contributed by atoms with Crippen molar-refractivity contribution < 1.29 is 28.9 Å². The molecule has 0 atom stereocenters. The number of rotatable bonds is 3. The van der Waals surface area contributed by atoms with Crippen molar-refractivity contribution in [3.8, 4) is 33.6 Å². The van der Waals surface area contributed by atoms with E-state index in [1.165, 1.54) is 27.8 Å². The summed E-state index contributed by atoms with van der Waals surface area (Å²) in [5, 5.41) is 4.33. The van der Waals surface area contributed by atoms with Gasteiger partial charge in [0.1, 0.15) is 11.2 Å². The minimum Gasteiger partial charge on any atom is -0.501 e. The molecule has 0 saturated carbocycles. The Labute approximate surface area is 292 Å². The molecular formula is C43H30IrN2O2-2. The van der Waals surface area contributed by atoms with Crippen molar-refractivity contribution in [2.75, 3.05) is 0 Å². The summed E-state index contributed by atoms with van der Waals surface area (Å²) < 4.78 is 12.1. The number of aromatic nitrogens is 2. The van der Waals surface area contributed by atoms with Crippen LogP contribution in [-0.2, 0) is 20.1 Å². The Morgan fingerprint density at radius 3 is 2.17 bits per heavy atom. The van der Waals surface area contributed by atoms with Crippen LogP contribution in [0.4, 0.5) is 0 Å². The smallest absolute Gasteiger partial charge is 0.151 e. The summed E-state index contributed by atoms with van der Waals surface area (Å²) in [5.41, 5.74) is 13.1. The maximum Gasteiger partial charge on any atom is 0.151 e. The zero-order valence-corrected chi connectivity index (χ0v) is 29.1. The number of para-hydroxylation sites is 1. The molecule has 4 nitrogen and oxygen atoms in total. The van der Waals surface area contributed by atoms with Gasteiger partial charge < -0.3 is 18.8 Å². The van der Waals surface area contributed by atoms with Gasteiger partial charge in [-0.05, 0) is 54.1 Å². The summed E-state index contributed by atoms with van der Waals surface area (Å²) in [5.74, 6) is 0. The molecule has 4 heterocycles. The van der Waals surface area contributed by atoms with Crippen molar-refractivity contribution in [1.82, 2.24) is 9.97 Å². The van der Waals surface area contributed by atoms with Gasteiger partial charge in [-0.15, -0.1) is 47.5 Å². The first kappa shape index (κ1) is 31.3. The molecule has 0 unspecified atom stereocenters. The topological polar surface area (TPSA) is 52.1 Å². The van der Waals surface area contributed by atoms with Gasteiger partial charge in [0.25, 0.3) is 0 Å². The normalized spacial score (nSPS) is 11.1. The van der Waals surface area contributed by atoms with Crippen LogP contribution in [0.3, 0.4) is 0 Å². The molecule has 0 amide bonds. The minimum absolute atomic E-state index is 0. The Hall–Kier alpha value is -5.35. The zero-order chi connectivity index (χ0) is 31.9. The number of nitrogens with zero attached hydrogens (tertiary/aromatic N) is 2. The van der Waals surface area contributed by atoms with Gasteiger partial charge in [-0.3, -0.25) is 0 Å². The van der Waals surface area contributed by atoms with E-state index < -0.39 is 0 Å². The van der Waals surface area contributed by atoms with E-state index in [-0.39, 0.29) is 20.1 Å². The van der Waals surface area contributed by atoms with Gasteiger partial charge >= 0.3 is 0 Å². The van der Waals surface area contributed by atoms with Gasteiger partial charge in [0.2, 0.25) is 0 Å². The van der Waals surface area contributed by atoms with Crippen LogP contribution in [0.5, 0.6) is 0 Å². The van der Waals surface area contributed by atoms with Crippen molar-refractivity contribution >= 4 is 43.9 Å². The molecule has 9 rings (SSSR count). The SMILES string of the molecule is Cc1ccc(-c2[c-]cc(C)c(-c3ccccc3)c2)nc1.Cc1ccc2c(c1)oc1c(-c3cc4c(cn3)oc3ccccc34)[c-]ccc12.[Ir]. The predicted molar refractivity (Wildman–Crippen MR) is 191 cm³/mol. The van der Waals surface area contributed by atoms with Gasteiger partial charge in [-0.25, -0.2) is 0 Å². The second kappa shape index (κ2) is 13.0. The number of hydrogen-bond donors (Lipinski definition) is 0. The Morgan fingerprint density at radius 2 is 1.33 bits per heavy atom. The summed E-state index contributed by atoms with van der Waals surface area (Å²) >= 11 is 0. The van der Waals surface area contributed by atoms with E-state index in [4.69, 9.17) is 8.83 Å². The number of aryl methyl sites for hydroxylation is 3. The van der Waals surface area contributed by atoms with Gasteiger partial charge in [0, 0.05) is 42.5 Å². The quantitative estimate of drug-likeness (QED) is 0.167. The van der Waals surface area contributed by atoms with Crippen LogP contribution in [0.2, 0.25) is 0 Å². The Balaban J connectivity index is 0.000000156. The van der Waals surface area contributed by atoms with Crippen LogP contribution in [0, 0.1) is 32.9 Å². The van der Waals surface area contributed by atoms with Crippen molar-refractivity contribution in [3.05, 3.63) is 156 Å². The van der Waals surface area contributed by atoms with Crippen molar-refractivity contribution in [1.29, 1.82) is 0 Å². The molecule has 0 fully saturated rings. The standard InChI is InChI=1S/C24H14NO2.C19H16N.Ir/c1-14-9-10-16-17-6-4-7-18(24(17)27-22(16)11-14)20-12-19-15-5-2-3-8-21(15)26-23(19)13-25-20;1-14-8-11-19(20-13-14)17-10-9-15(2)18(12-17)16-6-4-3-5-7-16;/h2-6,8-13H,1H3;3-9,11-13H,1-2H3;/q2*-1;. The summed E-state index contributed by atoms with van der Waals surface area (Å²) in [6.07, 6.45) is 3.68. The number of fused-ring (bicyclic) bond motifs is 6. The van der Waals surface area contributed by atoms with E-state index >= 15 is 0 Å². The molecule has 0 bridgehead atoms. The molecule has 0 aliphatic heterocycles. The third kappa shape index (κ3) is 5.84. The average molecular weight is 799 g/mol. The molecule has 1 radical (unpaired) electrons. The molecule has 5 aromatic carbocycles. The first-order valence-electron chi connectivity index (χ1n) is 15.6. The molecular weight excluding hydrogens is 769 g/mol. The largest absolute Gasteiger partial charge is 0.501 e. The van der Waals surface area contributed by atoms with Crippen molar-refractivity contribution in [2.24, 2.45) is 0 Å². The first-order valence-corrected chi connectivity index (χ1v) is 15.6. The minimum atomic E-state index is 0. The van der Waals surface area contributed by atoms with Gasteiger partial charge in [-0.2, -0.15) is 0 Å². The molecule has 48 heavy (non-hydrogen) atoms. The van der Waals surface area contributed by atoms with E-state index in [2.05, 4.69) is 103 Å². The van der Waals surface area contributed by atoms with E-state index in [1.54, 1.807) is 6.20 Å². The molecule has 5 heteroatoms. The number of pyridine rings is 2. The number of hydrogen-bond acceptors (Lipinski definition) is 4. The maximum absolute atomic E-state index is 6.21. The van der Waals surface area contributed by atoms with Crippen LogP contribution in [-0.4, -0.2) is 9.97 Å². The third-order valence-corrected chi connectivity index (χ3v) is 8.54. The second-order valence-corrected chi connectivity index (χ2v) is 11.9. The molecule has 0 aliphatic carbocycles. The Kier molecular flexibility index (Phi) is 8.49. The molecule has 0 N–H and O–H groups in total. The van der Waals surface area contributed by atoms with E-state index in [1.807, 2.05) is 61.7 Å². The van der Waals surface area contributed by atoms with Crippen molar-refractivity contribution in [2.45, 2.75) is 20.8 Å². The summed E-state index contributed by atoms with van der Waals surface area (Å²) in [6, 6.07) is 45.8. The second-order valence-electron chi connectivity index (χ2n) is 11.9. The van der Waals surface area contributed by atoms with Gasteiger partial charge in [-0.1, -0.05) is 102 Å². The molecule has 0 saturated heterocycles. The molecule has 235 valence electrons. The number of benzene rings is 5. The summed E-state index contributed by atoms with van der Waals surface area (Å²) in [4.78, 5) is 9.11. The third-order valence-electron chi connectivity index (χ3n) is 8.54. The van der Waals surface area contributed by atoms with Crippen LogP contribution in [0.25, 0.3) is 77.5 Å². The average Bonchev–Trinajstić information content (AvgIpc) is 3.67. The molecule has 4 aromatic heterocycles. The molecule has 0 aliphatic rings. The fourth-order valence-electron chi connectivity index (χ4n) is 6.07. The summed E-state index contributed by atoms with van der Waals surface area (Å²) in [6.45, 7) is 6.23. The molecule has 9 aromatic rings. The Morgan fingerprint density at radius 1 is 0.562 bits per heavy atom. The van der Waals surface area contributed by atoms with Gasteiger partial charge in [0.15, 0.2) is 5.58 Å². The Bertz CT molecular complexity index is 2550. The van der Waals surface area contributed by atoms with Crippen LogP contribution in [0.15, 0.2) is 136 Å². The van der Waals surface area contributed by atoms with E-state index in [0.717, 1.165) is 66.4 Å². The number of furan rings is 2. The monoisotopic (exact) mass is 799 g/mol. The van der Waals surface area contributed by atoms with Crippen LogP contribution >= 0.6 is 0 Å².